The van der Waals surface area contributed by atoms with Crippen molar-refractivity contribution in [1.82, 2.24) is 15.3 Å². The highest BCUT2D eigenvalue weighted by molar-refractivity contribution is 5.80. The van der Waals surface area contributed by atoms with Gasteiger partial charge in [-0.05, 0) is 14.0 Å². The van der Waals surface area contributed by atoms with E-state index in [9.17, 15) is 4.79 Å². The zero-order valence-electron chi connectivity index (χ0n) is 9.36. The van der Waals surface area contributed by atoms with E-state index in [1.807, 2.05) is 6.92 Å². The van der Waals surface area contributed by atoms with E-state index in [-0.39, 0.29) is 0 Å². The van der Waals surface area contributed by atoms with Gasteiger partial charge in [-0.1, -0.05) is 5.57 Å². The van der Waals surface area contributed by atoms with Gasteiger partial charge in [0.1, 0.15) is 0 Å². The van der Waals surface area contributed by atoms with Crippen molar-refractivity contribution in [2.75, 3.05) is 39.8 Å². The molecule has 0 aromatic carbocycles. The van der Waals surface area contributed by atoms with E-state index in [1.54, 1.807) is 0 Å². The summed E-state index contributed by atoms with van der Waals surface area (Å²) in [6, 6.07) is 0. The average Bonchev–Trinajstić information content (AvgIpc) is 2.16. The van der Waals surface area contributed by atoms with Gasteiger partial charge in [0, 0.05) is 38.8 Å². The lowest BCUT2D eigenvalue weighted by Gasteiger charge is -2.32. The van der Waals surface area contributed by atoms with E-state index in [4.69, 9.17) is 5.11 Å². The van der Waals surface area contributed by atoms with E-state index < -0.39 is 5.97 Å². The molecule has 0 amide bonds. The van der Waals surface area contributed by atoms with Crippen molar-refractivity contribution in [3.8, 4) is 0 Å². The second-order valence-electron chi connectivity index (χ2n) is 3.95. The Bertz CT molecular complexity index is 245. The molecule has 15 heavy (non-hydrogen) atoms. The van der Waals surface area contributed by atoms with Crippen LogP contribution in [0.2, 0.25) is 0 Å². The van der Waals surface area contributed by atoms with Gasteiger partial charge in [0.2, 0.25) is 0 Å². The summed E-state index contributed by atoms with van der Waals surface area (Å²) in [5.41, 5.74) is 4.06. The maximum atomic E-state index is 10.4. The van der Waals surface area contributed by atoms with Crippen molar-refractivity contribution in [3.63, 3.8) is 0 Å². The summed E-state index contributed by atoms with van der Waals surface area (Å²) in [6.45, 7) is 6.49. The summed E-state index contributed by atoms with van der Waals surface area (Å²) in [6.07, 6.45) is 1.24. The molecule has 0 aromatic heterocycles. The number of carboxylic acid groups (broad SMARTS) is 1. The number of likely N-dealkylation sites (N-methyl/N-ethyl adjacent to an activating group) is 1. The highest BCUT2D eigenvalue weighted by Crippen LogP contribution is 1.97. The third-order valence-corrected chi connectivity index (χ3v) is 2.45. The van der Waals surface area contributed by atoms with Gasteiger partial charge in [0.25, 0.3) is 0 Å². The van der Waals surface area contributed by atoms with Crippen molar-refractivity contribution in [2.24, 2.45) is 0 Å². The lowest BCUT2D eigenvalue weighted by molar-refractivity contribution is -0.131. The van der Waals surface area contributed by atoms with Crippen LogP contribution in [0.4, 0.5) is 0 Å². The molecule has 0 aromatic rings. The molecule has 0 unspecified atom stereocenters. The minimum absolute atomic E-state index is 0.607. The van der Waals surface area contributed by atoms with Crippen LogP contribution >= 0.6 is 0 Å². The predicted molar refractivity (Wildman–Crippen MR) is 58.5 cm³/mol. The Hall–Kier alpha value is -0.910. The molecule has 5 nitrogen and oxygen atoms in total. The van der Waals surface area contributed by atoms with E-state index in [2.05, 4.69) is 22.4 Å². The average molecular weight is 213 g/mol. The number of carbonyl (C=O) groups is 1. The van der Waals surface area contributed by atoms with Crippen LogP contribution in [0.1, 0.15) is 6.92 Å². The fraction of sp³-hybridized carbons (Fsp3) is 0.700. The fourth-order valence-corrected chi connectivity index (χ4v) is 1.46. The van der Waals surface area contributed by atoms with E-state index in [0.717, 1.165) is 31.8 Å². The summed E-state index contributed by atoms with van der Waals surface area (Å²) < 4.78 is 0. The van der Waals surface area contributed by atoms with Gasteiger partial charge < -0.3 is 10.0 Å². The number of nitrogens with zero attached hydrogens (tertiary/aromatic N) is 2. The van der Waals surface area contributed by atoms with Crippen LogP contribution in [0.25, 0.3) is 0 Å². The first kappa shape index (κ1) is 12.2. The summed E-state index contributed by atoms with van der Waals surface area (Å²) in [5, 5.41) is 10.7. The lowest BCUT2D eigenvalue weighted by Crippen LogP contribution is -2.51. The number of rotatable bonds is 4. The topological polar surface area (TPSA) is 55.8 Å². The van der Waals surface area contributed by atoms with E-state index in [0.29, 0.717) is 6.54 Å². The largest absolute Gasteiger partial charge is 0.478 e. The summed E-state index contributed by atoms with van der Waals surface area (Å²) in [5.74, 6) is -0.882. The van der Waals surface area contributed by atoms with Gasteiger partial charge in [-0.2, -0.15) is 0 Å². The normalized spacial score (nSPS) is 20.5. The molecule has 1 saturated heterocycles. The smallest absolute Gasteiger partial charge is 0.328 e. The number of hydrazine groups is 1. The van der Waals surface area contributed by atoms with Gasteiger partial charge >= 0.3 is 5.97 Å². The highest BCUT2D eigenvalue weighted by atomic mass is 16.4. The number of piperazine rings is 1. The molecule has 2 N–H and O–H groups in total. The summed E-state index contributed by atoms with van der Waals surface area (Å²) in [4.78, 5) is 12.7. The number of aliphatic carboxylic acids is 1. The first-order valence-electron chi connectivity index (χ1n) is 5.15. The molecule has 0 bridgehead atoms. The molecule has 5 heteroatoms. The third kappa shape index (κ3) is 4.92. The molecule has 1 rings (SSSR count). The van der Waals surface area contributed by atoms with Crippen LogP contribution in [-0.2, 0) is 4.79 Å². The standard InChI is InChI=1S/C10H19N3O2/c1-9(7-10(14)15)8-11-13-5-3-12(2)4-6-13/h7,11H,3-6,8H2,1-2H3,(H,14,15). The molecule has 0 saturated carbocycles. The van der Waals surface area contributed by atoms with Crippen LogP contribution < -0.4 is 5.43 Å². The molecule has 1 fully saturated rings. The molecule has 0 aliphatic carbocycles. The zero-order chi connectivity index (χ0) is 11.3. The first-order valence-corrected chi connectivity index (χ1v) is 5.15. The Morgan fingerprint density at radius 3 is 2.53 bits per heavy atom. The number of nitrogens with one attached hydrogen (secondary N) is 1. The molecule has 1 heterocycles. The lowest BCUT2D eigenvalue weighted by atomic mass is 10.3. The SMILES string of the molecule is CC(=CC(=O)O)CNN1CCN(C)CC1. The van der Waals surface area contributed by atoms with Crippen molar-refractivity contribution in [3.05, 3.63) is 11.6 Å². The van der Waals surface area contributed by atoms with Crippen molar-refractivity contribution >= 4 is 5.97 Å². The van der Waals surface area contributed by atoms with Gasteiger partial charge in [0.15, 0.2) is 0 Å². The quantitative estimate of drug-likeness (QED) is 0.632. The maximum absolute atomic E-state index is 10.4. The van der Waals surface area contributed by atoms with E-state index >= 15 is 0 Å². The van der Waals surface area contributed by atoms with Crippen molar-refractivity contribution < 1.29 is 9.90 Å². The van der Waals surface area contributed by atoms with Crippen LogP contribution in [-0.4, -0.2) is 60.8 Å². The van der Waals surface area contributed by atoms with Gasteiger partial charge in [0.05, 0.1) is 0 Å². The highest BCUT2D eigenvalue weighted by Gasteiger charge is 2.12. The Kier molecular flexibility index (Phi) is 4.74. The number of carboxylic acids is 1. The minimum Gasteiger partial charge on any atom is -0.478 e. The summed E-state index contributed by atoms with van der Waals surface area (Å²) >= 11 is 0. The molecule has 0 radical (unpaired) electrons. The molecule has 1 aliphatic heterocycles. The monoisotopic (exact) mass is 213 g/mol. The minimum atomic E-state index is -0.882. The zero-order valence-corrected chi connectivity index (χ0v) is 9.36. The maximum Gasteiger partial charge on any atom is 0.328 e. The second-order valence-corrected chi connectivity index (χ2v) is 3.95. The Balaban J connectivity index is 2.23. The molecule has 0 atom stereocenters. The van der Waals surface area contributed by atoms with Crippen LogP contribution in [0, 0.1) is 0 Å². The van der Waals surface area contributed by atoms with Crippen LogP contribution in [0.5, 0.6) is 0 Å². The molecule has 0 spiro atoms. The van der Waals surface area contributed by atoms with Crippen LogP contribution in [0.15, 0.2) is 11.6 Å². The molecule has 1 aliphatic rings. The summed E-state index contributed by atoms with van der Waals surface area (Å²) in [7, 11) is 2.10. The predicted octanol–water partition coefficient (Wildman–Crippen LogP) is -0.231. The molecular weight excluding hydrogens is 194 g/mol. The van der Waals surface area contributed by atoms with Crippen molar-refractivity contribution in [2.45, 2.75) is 6.92 Å². The Labute approximate surface area is 90.3 Å². The molecular formula is C10H19N3O2. The number of hydrogen-bond donors (Lipinski definition) is 2. The second kappa shape index (κ2) is 5.85. The number of hydrogen-bond acceptors (Lipinski definition) is 4. The molecule has 86 valence electrons. The van der Waals surface area contributed by atoms with E-state index in [1.165, 1.54) is 6.08 Å². The fourth-order valence-electron chi connectivity index (χ4n) is 1.46. The van der Waals surface area contributed by atoms with Crippen LogP contribution in [0.3, 0.4) is 0 Å². The first-order chi connectivity index (χ1) is 7.08. The third-order valence-electron chi connectivity index (χ3n) is 2.45. The van der Waals surface area contributed by atoms with Gasteiger partial charge in [-0.25, -0.2) is 9.80 Å². The Morgan fingerprint density at radius 2 is 2.00 bits per heavy atom. The van der Waals surface area contributed by atoms with Gasteiger partial charge in [-0.15, -0.1) is 0 Å². The van der Waals surface area contributed by atoms with Gasteiger partial charge in [-0.3, -0.25) is 5.43 Å². The Morgan fingerprint density at radius 1 is 1.40 bits per heavy atom. The van der Waals surface area contributed by atoms with Crippen molar-refractivity contribution in [1.29, 1.82) is 0 Å².